The number of hydrazone groups is 1. The molecule has 0 spiro atoms. The maximum atomic E-state index is 11.7. The Kier molecular flexibility index (Phi) is 4.62. The van der Waals surface area contributed by atoms with E-state index in [0.29, 0.717) is 10.6 Å². The highest BCUT2D eigenvalue weighted by Gasteiger charge is 2.08. The highest BCUT2D eigenvalue weighted by Crippen LogP contribution is 2.16. The minimum absolute atomic E-state index is 0.234. The smallest absolute Gasteiger partial charge is 0.353 e. The van der Waals surface area contributed by atoms with Gasteiger partial charge in [0.1, 0.15) is 10.6 Å². The molecule has 0 bridgehead atoms. The van der Waals surface area contributed by atoms with Gasteiger partial charge >= 0.3 is 5.97 Å². The molecular formula is C14H12N2O3S. The standard InChI is InChI=1S/C14H12N2O3S/c1-10(17)16-15-9-11-4-6-12(7-5-11)19-14(18)13-3-2-8-20-13/h2-9H,1H3,(H,16,17)/b15-9+. The van der Waals surface area contributed by atoms with E-state index in [1.165, 1.54) is 24.5 Å². The molecule has 0 aliphatic heterocycles. The lowest BCUT2D eigenvalue weighted by molar-refractivity contribution is -0.118. The zero-order chi connectivity index (χ0) is 14.4. The molecule has 102 valence electrons. The molecule has 1 aromatic carbocycles. The van der Waals surface area contributed by atoms with E-state index in [1.807, 2.05) is 5.38 Å². The first kappa shape index (κ1) is 14.0. The van der Waals surface area contributed by atoms with Crippen LogP contribution in [0.1, 0.15) is 22.2 Å². The first-order valence-corrected chi connectivity index (χ1v) is 6.68. The quantitative estimate of drug-likeness (QED) is 0.406. The van der Waals surface area contributed by atoms with Gasteiger partial charge in [-0.2, -0.15) is 5.10 Å². The van der Waals surface area contributed by atoms with Gasteiger partial charge in [-0.3, -0.25) is 4.79 Å². The van der Waals surface area contributed by atoms with E-state index in [-0.39, 0.29) is 11.9 Å². The van der Waals surface area contributed by atoms with Gasteiger partial charge in [0.05, 0.1) is 6.21 Å². The fraction of sp³-hybridized carbons (Fsp3) is 0.0714. The van der Waals surface area contributed by atoms with Gasteiger partial charge in [-0.15, -0.1) is 11.3 Å². The number of nitrogens with one attached hydrogen (secondary N) is 1. The van der Waals surface area contributed by atoms with Crippen LogP contribution in [-0.4, -0.2) is 18.1 Å². The fourth-order valence-electron chi connectivity index (χ4n) is 1.37. The largest absolute Gasteiger partial charge is 0.422 e. The third-order valence-electron chi connectivity index (χ3n) is 2.25. The summed E-state index contributed by atoms with van der Waals surface area (Å²) in [5, 5.41) is 5.56. The Morgan fingerprint density at radius 3 is 2.60 bits per heavy atom. The number of carbonyl (C=O) groups is 2. The lowest BCUT2D eigenvalue weighted by Gasteiger charge is -2.02. The van der Waals surface area contributed by atoms with Crippen molar-refractivity contribution in [1.82, 2.24) is 5.43 Å². The molecule has 1 N–H and O–H groups in total. The van der Waals surface area contributed by atoms with E-state index in [4.69, 9.17) is 4.74 Å². The molecule has 1 heterocycles. The number of hydrogen-bond acceptors (Lipinski definition) is 5. The number of amides is 1. The third-order valence-corrected chi connectivity index (χ3v) is 3.10. The van der Waals surface area contributed by atoms with Crippen LogP contribution in [0.15, 0.2) is 46.9 Å². The minimum atomic E-state index is -0.375. The number of carbonyl (C=O) groups excluding carboxylic acids is 2. The molecule has 0 atom stereocenters. The van der Waals surface area contributed by atoms with Crippen LogP contribution in [0.2, 0.25) is 0 Å². The summed E-state index contributed by atoms with van der Waals surface area (Å²) >= 11 is 1.33. The molecule has 0 fully saturated rings. The van der Waals surface area contributed by atoms with Gasteiger partial charge in [0.15, 0.2) is 0 Å². The zero-order valence-electron chi connectivity index (χ0n) is 10.7. The molecule has 0 unspecified atom stereocenters. The molecule has 0 radical (unpaired) electrons. The topological polar surface area (TPSA) is 67.8 Å². The molecule has 1 aromatic heterocycles. The van der Waals surface area contributed by atoms with Crippen molar-refractivity contribution in [1.29, 1.82) is 0 Å². The minimum Gasteiger partial charge on any atom is -0.422 e. The summed E-state index contributed by atoms with van der Waals surface area (Å²) in [5.41, 5.74) is 3.09. The van der Waals surface area contributed by atoms with Crippen LogP contribution in [0.4, 0.5) is 0 Å². The monoisotopic (exact) mass is 288 g/mol. The average molecular weight is 288 g/mol. The number of esters is 1. The van der Waals surface area contributed by atoms with Crippen LogP contribution in [0.25, 0.3) is 0 Å². The van der Waals surface area contributed by atoms with Crippen LogP contribution >= 0.6 is 11.3 Å². The summed E-state index contributed by atoms with van der Waals surface area (Å²) in [6.07, 6.45) is 1.51. The summed E-state index contributed by atoms with van der Waals surface area (Å²) in [5.74, 6) is -0.150. The van der Waals surface area contributed by atoms with Gasteiger partial charge in [0.25, 0.3) is 0 Å². The number of hydrogen-bond donors (Lipinski definition) is 1. The Morgan fingerprint density at radius 1 is 1.25 bits per heavy atom. The number of thiophene rings is 1. The van der Waals surface area contributed by atoms with Crippen LogP contribution in [-0.2, 0) is 4.79 Å². The van der Waals surface area contributed by atoms with Gasteiger partial charge < -0.3 is 4.74 Å². The lowest BCUT2D eigenvalue weighted by atomic mass is 10.2. The number of ether oxygens (including phenoxy) is 1. The van der Waals surface area contributed by atoms with Crippen molar-refractivity contribution >= 4 is 29.4 Å². The molecule has 2 aromatic rings. The molecule has 6 heteroatoms. The van der Waals surface area contributed by atoms with Gasteiger partial charge in [0.2, 0.25) is 5.91 Å². The van der Waals surface area contributed by atoms with Gasteiger partial charge in [-0.1, -0.05) is 6.07 Å². The second-order valence-corrected chi connectivity index (χ2v) is 4.81. The number of rotatable bonds is 4. The zero-order valence-corrected chi connectivity index (χ0v) is 11.5. The van der Waals surface area contributed by atoms with Crippen molar-refractivity contribution in [2.45, 2.75) is 6.92 Å². The van der Waals surface area contributed by atoms with Crippen molar-refractivity contribution in [2.24, 2.45) is 5.10 Å². The lowest BCUT2D eigenvalue weighted by Crippen LogP contribution is -2.12. The highest BCUT2D eigenvalue weighted by molar-refractivity contribution is 7.12. The second-order valence-electron chi connectivity index (χ2n) is 3.86. The number of nitrogens with zero attached hydrogens (tertiary/aromatic N) is 1. The molecule has 2 rings (SSSR count). The molecule has 5 nitrogen and oxygen atoms in total. The molecule has 0 aliphatic carbocycles. The van der Waals surface area contributed by atoms with Gasteiger partial charge in [-0.25, -0.2) is 10.2 Å². The van der Waals surface area contributed by atoms with E-state index < -0.39 is 0 Å². The average Bonchev–Trinajstić information content (AvgIpc) is 2.94. The molecule has 0 saturated heterocycles. The summed E-state index contributed by atoms with van der Waals surface area (Å²) in [7, 11) is 0. The first-order valence-electron chi connectivity index (χ1n) is 5.80. The van der Waals surface area contributed by atoms with Gasteiger partial charge in [-0.05, 0) is 41.3 Å². The summed E-state index contributed by atoms with van der Waals surface area (Å²) in [4.78, 5) is 22.9. The van der Waals surface area contributed by atoms with Gasteiger partial charge in [0, 0.05) is 6.92 Å². The van der Waals surface area contributed by atoms with E-state index >= 15 is 0 Å². The number of benzene rings is 1. The van der Waals surface area contributed by atoms with Crippen molar-refractivity contribution in [3.63, 3.8) is 0 Å². The molecule has 20 heavy (non-hydrogen) atoms. The van der Waals surface area contributed by atoms with Crippen molar-refractivity contribution in [3.05, 3.63) is 52.2 Å². The Bertz CT molecular complexity index is 618. The molecule has 0 saturated carbocycles. The molecule has 0 aliphatic rings. The van der Waals surface area contributed by atoms with Crippen LogP contribution in [0, 0.1) is 0 Å². The Balaban J connectivity index is 1.96. The third kappa shape index (κ3) is 4.03. The van der Waals surface area contributed by atoms with Crippen LogP contribution in [0.3, 0.4) is 0 Å². The summed E-state index contributed by atoms with van der Waals surface area (Å²) in [6, 6.07) is 10.3. The SMILES string of the molecule is CC(=O)N/N=C/c1ccc(OC(=O)c2cccs2)cc1. The Hall–Kier alpha value is -2.47. The fourth-order valence-corrected chi connectivity index (χ4v) is 1.97. The van der Waals surface area contributed by atoms with E-state index in [2.05, 4.69) is 10.5 Å². The maximum Gasteiger partial charge on any atom is 0.353 e. The van der Waals surface area contributed by atoms with Crippen molar-refractivity contribution in [3.8, 4) is 5.75 Å². The van der Waals surface area contributed by atoms with E-state index in [0.717, 1.165) is 5.56 Å². The Labute approximate surface area is 119 Å². The summed E-state index contributed by atoms with van der Waals surface area (Å²) in [6.45, 7) is 1.38. The van der Waals surface area contributed by atoms with Crippen LogP contribution in [0.5, 0.6) is 5.75 Å². The normalized spacial score (nSPS) is 10.4. The first-order chi connectivity index (χ1) is 9.65. The van der Waals surface area contributed by atoms with E-state index in [1.54, 1.807) is 36.4 Å². The second kappa shape index (κ2) is 6.63. The van der Waals surface area contributed by atoms with Crippen molar-refractivity contribution in [2.75, 3.05) is 0 Å². The maximum absolute atomic E-state index is 11.7. The van der Waals surface area contributed by atoms with Crippen molar-refractivity contribution < 1.29 is 14.3 Å². The highest BCUT2D eigenvalue weighted by atomic mass is 32.1. The Morgan fingerprint density at radius 2 is 2.00 bits per heavy atom. The van der Waals surface area contributed by atoms with Crippen LogP contribution < -0.4 is 10.2 Å². The molecule has 1 amide bonds. The predicted molar refractivity (Wildman–Crippen MR) is 77.1 cm³/mol. The summed E-state index contributed by atoms with van der Waals surface area (Å²) < 4.78 is 5.21. The predicted octanol–water partition coefficient (Wildman–Crippen LogP) is 2.44. The van der Waals surface area contributed by atoms with E-state index in [9.17, 15) is 9.59 Å². The molecular weight excluding hydrogens is 276 g/mol.